The number of likely N-dealkylation sites (tertiary alicyclic amines) is 1. The fourth-order valence-electron chi connectivity index (χ4n) is 5.43. The Bertz CT molecular complexity index is 1060. The van der Waals surface area contributed by atoms with Crippen molar-refractivity contribution in [2.24, 2.45) is 15.9 Å². The molecule has 1 saturated heterocycles. The number of guanidine groups is 1. The highest BCUT2D eigenvalue weighted by Gasteiger charge is 2.38. The van der Waals surface area contributed by atoms with Crippen molar-refractivity contribution in [3.8, 4) is 5.75 Å². The molecular formula is C27H34N4O3S. The van der Waals surface area contributed by atoms with E-state index in [2.05, 4.69) is 10.3 Å². The first-order valence-corrected chi connectivity index (χ1v) is 13.8. The van der Waals surface area contributed by atoms with Crippen molar-refractivity contribution in [1.29, 1.82) is 0 Å². The Hall–Kier alpha value is -2.61. The molecule has 2 amide bonds. The summed E-state index contributed by atoms with van der Waals surface area (Å²) in [7, 11) is 1.65. The van der Waals surface area contributed by atoms with E-state index in [0.717, 1.165) is 54.8 Å². The van der Waals surface area contributed by atoms with Crippen LogP contribution in [0.25, 0.3) is 5.57 Å². The van der Waals surface area contributed by atoms with Crippen LogP contribution in [0.1, 0.15) is 63.4 Å². The average Bonchev–Trinajstić information content (AvgIpc) is 3.30. The summed E-state index contributed by atoms with van der Waals surface area (Å²) in [5, 5.41) is 4.93. The van der Waals surface area contributed by atoms with Gasteiger partial charge >= 0.3 is 0 Å². The largest absolute Gasteiger partial charge is 0.497 e. The lowest BCUT2D eigenvalue weighted by Gasteiger charge is -2.34. The Balaban J connectivity index is 1.29. The summed E-state index contributed by atoms with van der Waals surface area (Å²) in [6.45, 7) is 1.31. The van der Waals surface area contributed by atoms with Gasteiger partial charge in [0.25, 0.3) is 5.91 Å². The van der Waals surface area contributed by atoms with Gasteiger partial charge in [-0.25, -0.2) is 4.99 Å². The number of hydrogen-bond donors (Lipinski definition) is 1. The van der Waals surface area contributed by atoms with Crippen molar-refractivity contribution in [3.05, 3.63) is 35.2 Å². The molecule has 1 aromatic rings. The van der Waals surface area contributed by atoms with Gasteiger partial charge in [0.2, 0.25) is 11.9 Å². The molecule has 186 valence electrons. The lowest BCUT2D eigenvalue weighted by Crippen LogP contribution is -2.48. The van der Waals surface area contributed by atoms with E-state index < -0.39 is 5.25 Å². The maximum Gasteiger partial charge on any atom is 0.268 e. The number of fused-ring (bicyclic) bond motifs is 1. The third-order valence-corrected chi connectivity index (χ3v) is 8.48. The molecule has 1 N–H and O–H groups in total. The lowest BCUT2D eigenvalue weighted by atomic mass is 9.94. The lowest BCUT2D eigenvalue weighted by molar-refractivity contribution is -0.127. The summed E-state index contributed by atoms with van der Waals surface area (Å²) in [5.74, 6) is 1.08. The van der Waals surface area contributed by atoms with Crippen LogP contribution in [0.15, 0.2) is 39.7 Å². The minimum Gasteiger partial charge on any atom is -0.497 e. The predicted molar refractivity (Wildman–Crippen MR) is 141 cm³/mol. The molecule has 5 rings (SSSR count). The molecule has 2 fully saturated rings. The highest BCUT2D eigenvalue weighted by atomic mass is 32.2. The normalized spacial score (nSPS) is 25.6. The second kappa shape index (κ2) is 11.0. The summed E-state index contributed by atoms with van der Waals surface area (Å²) < 4.78 is 5.38. The van der Waals surface area contributed by atoms with Crippen LogP contribution in [0, 0.1) is 5.92 Å². The van der Waals surface area contributed by atoms with Crippen molar-refractivity contribution >= 4 is 40.8 Å². The van der Waals surface area contributed by atoms with Gasteiger partial charge in [0.05, 0.1) is 18.7 Å². The number of carbonyl (C=O) groups excluding carboxylic acids is 2. The quantitative estimate of drug-likeness (QED) is 0.670. The Labute approximate surface area is 211 Å². The number of amides is 2. The van der Waals surface area contributed by atoms with E-state index in [1.54, 1.807) is 7.11 Å². The minimum atomic E-state index is -0.400. The SMILES string of the molecule is COc1cccc(C2=CSC3C(=O)N=C(N4CCCC(C(=O)NC5CCCCCCC5)C4)N=C23)c1. The van der Waals surface area contributed by atoms with Crippen LogP contribution < -0.4 is 10.1 Å². The number of piperidine rings is 1. The third kappa shape index (κ3) is 5.47. The number of rotatable bonds is 4. The average molecular weight is 495 g/mol. The number of aliphatic imine (C=N–C) groups is 2. The van der Waals surface area contributed by atoms with E-state index in [-0.39, 0.29) is 17.7 Å². The Kier molecular flexibility index (Phi) is 7.56. The topological polar surface area (TPSA) is 83.4 Å². The van der Waals surface area contributed by atoms with Crippen LogP contribution in [0.5, 0.6) is 5.75 Å². The highest BCUT2D eigenvalue weighted by Crippen LogP contribution is 2.38. The molecule has 1 aliphatic carbocycles. The molecule has 0 bridgehead atoms. The first kappa shape index (κ1) is 24.1. The fraction of sp³-hybridized carbons (Fsp3) is 0.556. The Morgan fingerprint density at radius 1 is 1.09 bits per heavy atom. The van der Waals surface area contributed by atoms with E-state index >= 15 is 0 Å². The first-order chi connectivity index (χ1) is 17.1. The number of hydrogen-bond acceptors (Lipinski definition) is 6. The van der Waals surface area contributed by atoms with E-state index in [0.29, 0.717) is 18.5 Å². The Morgan fingerprint density at radius 3 is 2.69 bits per heavy atom. The van der Waals surface area contributed by atoms with Gasteiger partial charge in [-0.15, -0.1) is 11.8 Å². The van der Waals surface area contributed by atoms with Crippen LogP contribution >= 0.6 is 11.8 Å². The van der Waals surface area contributed by atoms with Crippen LogP contribution in [-0.2, 0) is 9.59 Å². The van der Waals surface area contributed by atoms with Gasteiger partial charge in [0, 0.05) is 24.7 Å². The number of ether oxygens (including phenoxy) is 1. The molecule has 8 heteroatoms. The highest BCUT2D eigenvalue weighted by molar-refractivity contribution is 8.05. The van der Waals surface area contributed by atoms with E-state index in [9.17, 15) is 9.59 Å². The number of nitrogens with zero attached hydrogens (tertiary/aromatic N) is 3. The third-order valence-electron chi connectivity index (χ3n) is 7.41. The van der Waals surface area contributed by atoms with Crippen molar-refractivity contribution in [3.63, 3.8) is 0 Å². The van der Waals surface area contributed by atoms with Crippen LogP contribution in [0.4, 0.5) is 0 Å². The molecule has 35 heavy (non-hydrogen) atoms. The van der Waals surface area contributed by atoms with Gasteiger partial charge in [-0.3, -0.25) is 9.59 Å². The van der Waals surface area contributed by atoms with E-state index in [1.165, 1.54) is 43.9 Å². The van der Waals surface area contributed by atoms with Crippen molar-refractivity contribution < 1.29 is 14.3 Å². The molecule has 1 aromatic carbocycles. The number of methoxy groups -OCH3 is 1. The number of carbonyl (C=O) groups is 2. The van der Waals surface area contributed by atoms with Gasteiger partial charge in [-0.1, -0.05) is 44.2 Å². The summed E-state index contributed by atoms with van der Waals surface area (Å²) in [6, 6.07) is 8.10. The van der Waals surface area contributed by atoms with Crippen LogP contribution in [-0.4, -0.2) is 59.9 Å². The first-order valence-electron chi connectivity index (χ1n) is 12.9. The molecule has 0 spiro atoms. The summed E-state index contributed by atoms with van der Waals surface area (Å²) in [5.41, 5.74) is 2.66. The zero-order valence-electron chi connectivity index (χ0n) is 20.4. The molecule has 2 atom stereocenters. The number of nitrogens with one attached hydrogen (secondary N) is 1. The van der Waals surface area contributed by atoms with Gasteiger partial charge < -0.3 is 15.0 Å². The number of allylic oxidation sites excluding steroid dienone is 1. The molecule has 4 aliphatic rings. The maximum absolute atomic E-state index is 13.1. The smallest absolute Gasteiger partial charge is 0.268 e. The molecule has 0 radical (unpaired) electrons. The van der Waals surface area contributed by atoms with Gasteiger partial charge in [0.1, 0.15) is 11.0 Å². The summed E-state index contributed by atoms with van der Waals surface area (Å²) in [6.07, 6.45) is 10.1. The fourth-order valence-corrected chi connectivity index (χ4v) is 6.43. The predicted octanol–water partition coefficient (Wildman–Crippen LogP) is 4.43. The monoisotopic (exact) mass is 494 g/mol. The number of thioether (sulfide) groups is 1. The standard InChI is InChI=1S/C27H34N4O3S/c1-34-21-13-7-9-18(15-21)22-17-35-24-23(22)29-27(30-26(24)33)31-14-8-10-19(16-31)25(32)28-20-11-5-3-2-4-6-12-20/h7,9,13,15,17,19-20,24H,2-6,8,10-12,14,16H2,1H3,(H,28,32). The minimum absolute atomic E-state index is 0.101. The Morgan fingerprint density at radius 2 is 1.89 bits per heavy atom. The zero-order chi connectivity index (χ0) is 24.2. The summed E-state index contributed by atoms with van der Waals surface area (Å²) >= 11 is 1.45. The maximum atomic E-state index is 13.1. The van der Waals surface area contributed by atoms with E-state index in [1.807, 2.05) is 34.6 Å². The number of benzene rings is 1. The van der Waals surface area contributed by atoms with Crippen molar-refractivity contribution in [2.75, 3.05) is 20.2 Å². The van der Waals surface area contributed by atoms with Crippen LogP contribution in [0.2, 0.25) is 0 Å². The van der Waals surface area contributed by atoms with Gasteiger partial charge in [-0.05, 0) is 48.8 Å². The molecular weight excluding hydrogens is 460 g/mol. The molecule has 2 unspecified atom stereocenters. The molecule has 3 heterocycles. The van der Waals surface area contributed by atoms with Gasteiger partial charge in [0.15, 0.2) is 0 Å². The second-order valence-electron chi connectivity index (χ2n) is 9.86. The molecule has 1 saturated carbocycles. The summed E-state index contributed by atoms with van der Waals surface area (Å²) in [4.78, 5) is 37.3. The van der Waals surface area contributed by atoms with E-state index in [4.69, 9.17) is 9.73 Å². The molecule has 0 aromatic heterocycles. The second-order valence-corrected chi connectivity index (χ2v) is 10.8. The molecule has 7 nitrogen and oxygen atoms in total. The van der Waals surface area contributed by atoms with Crippen LogP contribution in [0.3, 0.4) is 0 Å². The zero-order valence-corrected chi connectivity index (χ0v) is 21.2. The van der Waals surface area contributed by atoms with Crippen molar-refractivity contribution in [1.82, 2.24) is 10.2 Å². The van der Waals surface area contributed by atoms with Gasteiger partial charge in [-0.2, -0.15) is 4.99 Å². The molecule has 3 aliphatic heterocycles. The van der Waals surface area contributed by atoms with Crippen molar-refractivity contribution in [2.45, 2.75) is 69.1 Å².